The molecule has 9 heteroatoms. The molecule has 1 heterocycles. The van der Waals surface area contributed by atoms with Gasteiger partial charge < -0.3 is 10.3 Å². The van der Waals surface area contributed by atoms with Gasteiger partial charge in [0, 0.05) is 25.3 Å². The number of hydrogen-bond acceptors (Lipinski definition) is 6. The zero-order valence-corrected chi connectivity index (χ0v) is 14.2. The number of hydrazine groups is 1. The van der Waals surface area contributed by atoms with Crippen molar-refractivity contribution in [2.45, 2.75) is 24.8 Å². The average Bonchev–Trinajstić information content (AvgIpc) is 2.38. The van der Waals surface area contributed by atoms with Crippen LogP contribution >= 0.6 is 11.6 Å². The van der Waals surface area contributed by atoms with E-state index in [9.17, 15) is 8.42 Å². The first-order valence-corrected chi connectivity index (χ1v) is 8.34. The monoisotopic (exact) mass is 335 g/mol. The molecule has 1 atom stereocenters. The lowest BCUT2D eigenvalue weighted by atomic mass is 10.3. The van der Waals surface area contributed by atoms with Crippen LogP contribution < -0.4 is 11.3 Å². The average molecular weight is 336 g/mol. The summed E-state index contributed by atoms with van der Waals surface area (Å²) in [4.78, 5) is 5.91. The van der Waals surface area contributed by atoms with Gasteiger partial charge in [-0.3, -0.25) is 0 Å². The van der Waals surface area contributed by atoms with Crippen LogP contribution in [0.1, 0.15) is 13.8 Å². The molecule has 0 aliphatic rings. The van der Waals surface area contributed by atoms with Gasteiger partial charge in [-0.15, -0.1) is 0 Å². The number of nitrogen functional groups attached to an aromatic ring is 1. The third kappa shape index (κ3) is 4.27. The van der Waals surface area contributed by atoms with Crippen LogP contribution in [0.2, 0.25) is 5.02 Å². The van der Waals surface area contributed by atoms with Crippen molar-refractivity contribution in [1.82, 2.24) is 14.2 Å². The van der Waals surface area contributed by atoms with Gasteiger partial charge in [0.15, 0.2) is 5.82 Å². The number of nitrogens with zero attached hydrogens (tertiary/aromatic N) is 3. The van der Waals surface area contributed by atoms with Crippen LogP contribution in [0.25, 0.3) is 0 Å². The first kappa shape index (κ1) is 18.1. The predicted octanol–water partition coefficient (Wildman–Crippen LogP) is 0.981. The van der Waals surface area contributed by atoms with Crippen LogP contribution in [0.15, 0.2) is 17.2 Å². The van der Waals surface area contributed by atoms with Crippen molar-refractivity contribution < 1.29 is 8.42 Å². The van der Waals surface area contributed by atoms with E-state index in [2.05, 4.69) is 10.4 Å². The number of anilines is 1. The van der Waals surface area contributed by atoms with Gasteiger partial charge in [0.25, 0.3) is 0 Å². The molecule has 0 spiro atoms. The molecule has 1 aromatic rings. The molecule has 1 rings (SSSR count). The van der Waals surface area contributed by atoms with E-state index in [1.54, 1.807) is 6.92 Å². The van der Waals surface area contributed by atoms with Gasteiger partial charge in [0.2, 0.25) is 10.0 Å². The Kier molecular flexibility index (Phi) is 6.36. The highest BCUT2D eigenvalue weighted by Crippen LogP contribution is 2.24. The number of halogens is 1. The lowest BCUT2D eigenvalue weighted by Crippen LogP contribution is -2.43. The number of pyridine rings is 1. The van der Waals surface area contributed by atoms with Crippen LogP contribution in [0, 0.1) is 0 Å². The number of nitrogens with two attached hydrogens (primary N) is 1. The molecule has 7 nitrogen and oxygen atoms in total. The molecule has 0 saturated carbocycles. The molecule has 0 aliphatic carbocycles. The molecular formula is C12H22ClN5O2S. The largest absolute Gasteiger partial charge is 0.308 e. The molecule has 0 aliphatic heterocycles. The SMILES string of the molecule is CCN(C(C)CN(C)C)S(=O)(=O)c1cnc(NN)c(Cl)c1. The highest BCUT2D eigenvalue weighted by atomic mass is 35.5. The van der Waals surface area contributed by atoms with Crippen molar-refractivity contribution in [1.29, 1.82) is 0 Å². The van der Waals surface area contributed by atoms with Crippen LogP contribution in [0.4, 0.5) is 5.82 Å². The summed E-state index contributed by atoms with van der Waals surface area (Å²) in [5.74, 6) is 5.47. The third-order valence-corrected chi connectivity index (χ3v) is 5.33. The summed E-state index contributed by atoms with van der Waals surface area (Å²) in [6, 6.07) is 1.19. The van der Waals surface area contributed by atoms with Crippen molar-refractivity contribution in [2.24, 2.45) is 5.84 Å². The Bertz CT molecular complexity index is 579. The minimum Gasteiger partial charge on any atom is -0.308 e. The number of likely N-dealkylation sites (N-methyl/N-ethyl adjacent to an activating group) is 2. The standard InChI is InChI=1S/C12H22ClN5O2S/c1-5-18(9(2)8-17(3)4)21(19,20)10-6-11(13)12(16-14)15-7-10/h6-7,9H,5,8,14H2,1-4H3,(H,15,16). The zero-order valence-electron chi connectivity index (χ0n) is 12.7. The van der Waals surface area contributed by atoms with Crippen molar-refractivity contribution in [2.75, 3.05) is 32.6 Å². The Labute approximate surface area is 131 Å². The topological polar surface area (TPSA) is 91.6 Å². The van der Waals surface area contributed by atoms with Crippen LogP contribution in [-0.2, 0) is 10.0 Å². The lowest BCUT2D eigenvalue weighted by Gasteiger charge is -2.29. The lowest BCUT2D eigenvalue weighted by molar-refractivity contribution is 0.271. The van der Waals surface area contributed by atoms with E-state index >= 15 is 0 Å². The van der Waals surface area contributed by atoms with Crippen LogP contribution in [0.3, 0.4) is 0 Å². The Morgan fingerprint density at radius 2 is 2.10 bits per heavy atom. The summed E-state index contributed by atoms with van der Waals surface area (Å²) in [6.07, 6.45) is 1.25. The molecule has 1 unspecified atom stereocenters. The zero-order chi connectivity index (χ0) is 16.2. The fourth-order valence-electron chi connectivity index (χ4n) is 2.14. The van der Waals surface area contributed by atoms with Gasteiger partial charge in [0.1, 0.15) is 4.90 Å². The van der Waals surface area contributed by atoms with Crippen LogP contribution in [-0.4, -0.2) is 55.8 Å². The van der Waals surface area contributed by atoms with E-state index < -0.39 is 10.0 Å². The summed E-state index contributed by atoms with van der Waals surface area (Å²) in [7, 11) is 0.147. The van der Waals surface area contributed by atoms with Gasteiger partial charge in [-0.25, -0.2) is 19.2 Å². The summed E-state index contributed by atoms with van der Waals surface area (Å²) >= 11 is 5.95. The minimum absolute atomic E-state index is 0.0546. The normalized spacial score (nSPS) is 13.7. The van der Waals surface area contributed by atoms with E-state index in [1.807, 2.05) is 25.9 Å². The van der Waals surface area contributed by atoms with E-state index in [4.69, 9.17) is 17.4 Å². The molecule has 0 saturated heterocycles. The highest BCUT2D eigenvalue weighted by molar-refractivity contribution is 7.89. The van der Waals surface area contributed by atoms with Gasteiger partial charge in [-0.2, -0.15) is 4.31 Å². The minimum atomic E-state index is -3.65. The number of aromatic nitrogens is 1. The first-order valence-electron chi connectivity index (χ1n) is 6.52. The van der Waals surface area contributed by atoms with E-state index in [1.165, 1.54) is 16.6 Å². The van der Waals surface area contributed by atoms with Crippen molar-refractivity contribution >= 4 is 27.4 Å². The molecule has 0 amide bonds. The van der Waals surface area contributed by atoms with E-state index in [-0.39, 0.29) is 21.8 Å². The van der Waals surface area contributed by atoms with E-state index in [0.29, 0.717) is 13.1 Å². The molecule has 21 heavy (non-hydrogen) atoms. The molecule has 3 N–H and O–H groups in total. The smallest absolute Gasteiger partial charge is 0.244 e. The number of hydrogen-bond donors (Lipinski definition) is 2. The Balaban J connectivity index is 3.15. The maximum absolute atomic E-state index is 12.7. The second-order valence-electron chi connectivity index (χ2n) is 4.97. The van der Waals surface area contributed by atoms with Gasteiger partial charge in [-0.05, 0) is 27.1 Å². The Hall–Kier alpha value is -0.930. The fraction of sp³-hybridized carbons (Fsp3) is 0.583. The maximum atomic E-state index is 12.7. The second kappa shape index (κ2) is 7.37. The number of rotatable bonds is 7. The Morgan fingerprint density at radius 3 is 2.52 bits per heavy atom. The molecule has 0 fully saturated rings. The molecular weight excluding hydrogens is 314 g/mol. The van der Waals surface area contributed by atoms with E-state index in [0.717, 1.165) is 0 Å². The summed E-state index contributed by atoms with van der Waals surface area (Å²) in [5.41, 5.74) is 2.31. The third-order valence-electron chi connectivity index (χ3n) is 2.99. The number of sulfonamides is 1. The predicted molar refractivity (Wildman–Crippen MR) is 84.6 cm³/mol. The highest BCUT2D eigenvalue weighted by Gasteiger charge is 2.28. The van der Waals surface area contributed by atoms with Crippen LogP contribution in [0.5, 0.6) is 0 Å². The molecule has 1 aromatic heterocycles. The quantitative estimate of drug-likeness (QED) is 0.570. The van der Waals surface area contributed by atoms with Crippen molar-refractivity contribution in [3.8, 4) is 0 Å². The van der Waals surface area contributed by atoms with Crippen molar-refractivity contribution in [3.63, 3.8) is 0 Å². The summed E-state index contributed by atoms with van der Waals surface area (Å²) < 4.78 is 26.8. The van der Waals surface area contributed by atoms with Gasteiger partial charge in [0.05, 0.1) is 5.02 Å². The maximum Gasteiger partial charge on any atom is 0.244 e. The van der Waals surface area contributed by atoms with Gasteiger partial charge in [-0.1, -0.05) is 18.5 Å². The fourth-order valence-corrected chi connectivity index (χ4v) is 4.03. The second-order valence-corrected chi connectivity index (χ2v) is 7.26. The molecule has 120 valence electrons. The summed E-state index contributed by atoms with van der Waals surface area (Å²) in [5, 5.41) is 0.162. The Morgan fingerprint density at radius 1 is 1.48 bits per heavy atom. The molecule has 0 bridgehead atoms. The number of nitrogens with one attached hydrogen (secondary N) is 1. The molecule has 0 aromatic carbocycles. The van der Waals surface area contributed by atoms with Gasteiger partial charge >= 0.3 is 0 Å². The first-order chi connectivity index (χ1) is 9.73. The summed E-state index contributed by atoms with van der Waals surface area (Å²) in [6.45, 7) is 4.66. The van der Waals surface area contributed by atoms with Crippen molar-refractivity contribution in [3.05, 3.63) is 17.3 Å². The molecule has 0 radical (unpaired) electrons.